The molecule has 20 heteroatoms. The van der Waals surface area contributed by atoms with Crippen LogP contribution in [-0.4, -0.2) is 93.3 Å². The van der Waals surface area contributed by atoms with Gasteiger partial charge < -0.3 is 45.2 Å². The van der Waals surface area contributed by atoms with Crippen molar-refractivity contribution in [1.82, 2.24) is 30.8 Å². The lowest BCUT2D eigenvalue weighted by Crippen LogP contribution is -2.44. The number of carbonyl (C=O) groups is 8. The van der Waals surface area contributed by atoms with Crippen molar-refractivity contribution in [1.29, 1.82) is 0 Å². The molecule has 0 radical (unpaired) electrons. The Morgan fingerprint density at radius 3 is 2.25 bits per heavy atom. The second-order valence-corrected chi connectivity index (χ2v) is 23.2. The minimum absolute atomic E-state index is 0.0219. The fourth-order valence-electron chi connectivity index (χ4n) is 12.2. The lowest BCUT2D eigenvalue weighted by Gasteiger charge is -2.31. The Morgan fingerprint density at radius 1 is 0.859 bits per heavy atom. The number of hydrogen-bond donors (Lipinski definition) is 5. The summed E-state index contributed by atoms with van der Waals surface area (Å²) in [5.74, 6) is -6.05. The van der Waals surface area contributed by atoms with Crippen LogP contribution in [0.5, 0.6) is 0 Å². The number of ether oxygens (including phenoxy) is 3. The van der Waals surface area contributed by atoms with Gasteiger partial charge in [0.1, 0.15) is 24.6 Å². The number of aryl methyl sites for hydroxylation is 1. The summed E-state index contributed by atoms with van der Waals surface area (Å²) in [6.45, 7) is 7.10. The third-order valence-electron chi connectivity index (χ3n) is 16.5. The minimum Gasteiger partial charge on any atom is -0.460 e. The molecule has 0 saturated heterocycles. The standard InChI is InChI=1S/C65H67FN6O13/c1-6-65(82)47-28-52-59-44(32-72(52)61(79)46(47)34-83-62(65)80)58-50(21-20-39-35(2)48(66)29-51(70-59)57(39)58)69-55(76)31-68-60(78)37(26-36-14-8-7-9-15-36)27-38(73)30-67-54(75)24-23-53(74)49(22-25-56(77)85-64(3,4)5)71-63(81)84-33-45-42-18-12-10-16-40(42)41-17-11-13-19-43(41)45/h7-19,28-29,37,45,49-50,82H,6,20-27,30-34H2,1-5H3,(H,67,75)(H,68,78)(H,69,76)(H,71,81)/t37-,49+,50+,65+/m1/s1. The molecule has 6 aromatic rings. The predicted octanol–water partition coefficient (Wildman–Crippen LogP) is 7.06. The summed E-state index contributed by atoms with van der Waals surface area (Å²) < 4.78 is 33.4. The number of esters is 2. The van der Waals surface area contributed by atoms with Crippen LogP contribution in [0.2, 0.25) is 0 Å². The lowest BCUT2D eigenvalue weighted by molar-refractivity contribution is -0.172. The van der Waals surface area contributed by atoms with Gasteiger partial charge in [0.2, 0.25) is 17.7 Å². The number of carbonyl (C=O) groups excluding carboxylic acids is 8. The monoisotopic (exact) mass is 1160 g/mol. The highest BCUT2D eigenvalue weighted by Crippen LogP contribution is 2.47. The summed E-state index contributed by atoms with van der Waals surface area (Å²) in [5, 5.41) is 23.0. The van der Waals surface area contributed by atoms with E-state index in [0.717, 1.165) is 27.8 Å². The van der Waals surface area contributed by atoms with E-state index in [0.29, 0.717) is 57.4 Å². The van der Waals surface area contributed by atoms with Gasteiger partial charge in [-0.15, -0.1) is 0 Å². The first-order valence-corrected chi connectivity index (χ1v) is 28.7. The number of nitrogens with one attached hydrogen (secondary N) is 4. The van der Waals surface area contributed by atoms with Crippen LogP contribution >= 0.6 is 0 Å². The Labute approximate surface area is 489 Å². The maximum atomic E-state index is 15.5. The first kappa shape index (κ1) is 59.3. The van der Waals surface area contributed by atoms with Gasteiger partial charge in [-0.05, 0) is 110 Å². The number of alkyl carbamates (subject to hydrolysis) is 1. The lowest BCUT2D eigenvalue weighted by atomic mass is 9.81. The average molecular weight is 1160 g/mol. The van der Waals surface area contributed by atoms with E-state index in [4.69, 9.17) is 19.2 Å². The number of cyclic esters (lactones) is 1. The predicted molar refractivity (Wildman–Crippen MR) is 309 cm³/mol. The third kappa shape index (κ3) is 12.4. The number of halogens is 1. The fourth-order valence-corrected chi connectivity index (χ4v) is 12.2. The van der Waals surface area contributed by atoms with Gasteiger partial charge in [0.05, 0.1) is 54.2 Å². The van der Waals surface area contributed by atoms with E-state index in [2.05, 4.69) is 21.3 Å². The molecule has 4 aliphatic rings. The molecule has 0 bridgehead atoms. The van der Waals surface area contributed by atoms with Crippen molar-refractivity contribution in [3.63, 3.8) is 0 Å². The number of aromatic nitrogens is 2. The molecular formula is C65H67FN6O13. The van der Waals surface area contributed by atoms with Crippen molar-refractivity contribution < 1.29 is 62.1 Å². The highest BCUT2D eigenvalue weighted by atomic mass is 19.1. The number of hydrogen-bond acceptors (Lipinski definition) is 14. The van der Waals surface area contributed by atoms with Gasteiger partial charge in [0.25, 0.3) is 5.56 Å². The number of aliphatic hydroxyl groups is 1. The number of benzene rings is 4. The molecule has 4 amide bonds. The molecule has 19 nitrogen and oxygen atoms in total. The van der Waals surface area contributed by atoms with E-state index in [1.54, 1.807) is 71.0 Å². The second-order valence-electron chi connectivity index (χ2n) is 23.2. The molecule has 0 spiro atoms. The highest BCUT2D eigenvalue weighted by molar-refractivity contribution is 5.96. The third-order valence-corrected chi connectivity index (χ3v) is 16.5. The van der Waals surface area contributed by atoms with Gasteiger partial charge in [0, 0.05) is 60.1 Å². The Balaban J connectivity index is 0.768. The van der Waals surface area contributed by atoms with Crippen LogP contribution in [0.4, 0.5) is 9.18 Å². The topological polar surface area (TPSA) is 267 Å². The molecule has 4 aromatic carbocycles. The number of amides is 4. The summed E-state index contributed by atoms with van der Waals surface area (Å²) in [6.07, 6.45) is -1.52. The van der Waals surface area contributed by atoms with E-state index in [1.807, 2.05) is 48.5 Å². The largest absolute Gasteiger partial charge is 0.460 e. The van der Waals surface area contributed by atoms with Crippen molar-refractivity contribution in [3.05, 3.63) is 157 Å². The Morgan fingerprint density at radius 2 is 1.55 bits per heavy atom. The van der Waals surface area contributed by atoms with E-state index < -0.39 is 101 Å². The normalized spacial score (nSPS) is 17.0. The molecule has 2 aliphatic carbocycles. The molecule has 2 aliphatic heterocycles. The number of nitrogens with zero attached hydrogens (tertiary/aromatic N) is 2. The smallest absolute Gasteiger partial charge is 0.407 e. The molecule has 4 atom stereocenters. The van der Waals surface area contributed by atoms with Gasteiger partial charge in [-0.2, -0.15) is 0 Å². The summed E-state index contributed by atoms with van der Waals surface area (Å²) in [7, 11) is 0. The first-order valence-electron chi connectivity index (χ1n) is 28.7. The van der Waals surface area contributed by atoms with Crippen LogP contribution in [0.25, 0.3) is 33.4 Å². The molecule has 0 unspecified atom stereocenters. The van der Waals surface area contributed by atoms with Crippen molar-refractivity contribution in [3.8, 4) is 22.5 Å². The molecule has 0 saturated carbocycles. The number of Topliss-reactive ketones (excluding diaryl/α,β-unsaturated/α-hetero) is 2. The van der Waals surface area contributed by atoms with Crippen LogP contribution in [0.1, 0.15) is 135 Å². The zero-order chi connectivity index (χ0) is 60.5. The van der Waals surface area contributed by atoms with Crippen molar-refractivity contribution in [2.75, 3.05) is 19.7 Å². The summed E-state index contributed by atoms with van der Waals surface area (Å²) >= 11 is 0. The molecule has 4 heterocycles. The highest BCUT2D eigenvalue weighted by Gasteiger charge is 2.46. The van der Waals surface area contributed by atoms with Gasteiger partial charge in [-0.25, -0.2) is 19.0 Å². The van der Waals surface area contributed by atoms with E-state index >= 15 is 4.39 Å². The number of ketones is 2. The fraction of sp³-hybridized carbons (Fsp3) is 0.385. The van der Waals surface area contributed by atoms with Gasteiger partial charge in [-0.1, -0.05) is 85.8 Å². The summed E-state index contributed by atoms with van der Waals surface area (Å²) in [5.41, 5.74) is 5.00. The molecule has 5 N–H and O–H groups in total. The Bertz CT molecular complexity index is 3730. The second kappa shape index (κ2) is 24.4. The van der Waals surface area contributed by atoms with Crippen LogP contribution in [0, 0.1) is 18.7 Å². The van der Waals surface area contributed by atoms with Crippen molar-refractivity contribution >= 4 is 58.2 Å². The van der Waals surface area contributed by atoms with E-state index in [1.165, 1.54) is 10.6 Å². The summed E-state index contributed by atoms with van der Waals surface area (Å²) in [6, 6.07) is 25.6. The van der Waals surface area contributed by atoms with Crippen molar-refractivity contribution in [2.24, 2.45) is 5.92 Å². The van der Waals surface area contributed by atoms with E-state index in [-0.39, 0.29) is 81.7 Å². The maximum absolute atomic E-state index is 15.5. The first-order chi connectivity index (χ1) is 40.6. The Kier molecular flexibility index (Phi) is 17.0. The van der Waals surface area contributed by atoms with Crippen LogP contribution in [0.3, 0.4) is 0 Å². The summed E-state index contributed by atoms with van der Waals surface area (Å²) in [4.78, 5) is 127. The van der Waals surface area contributed by atoms with Crippen LogP contribution < -0.4 is 26.8 Å². The molecule has 442 valence electrons. The molecule has 0 fully saturated rings. The number of fused-ring (bicyclic) bond motifs is 8. The minimum atomic E-state index is -2.07. The molecule has 2 aromatic heterocycles. The quantitative estimate of drug-likeness (QED) is 0.0356. The van der Waals surface area contributed by atoms with Crippen molar-refractivity contribution in [2.45, 2.75) is 135 Å². The van der Waals surface area contributed by atoms with Gasteiger partial charge >= 0.3 is 18.0 Å². The molecular weight excluding hydrogens is 1090 g/mol. The molecule has 85 heavy (non-hydrogen) atoms. The molecule has 10 rings (SSSR count). The zero-order valence-electron chi connectivity index (χ0n) is 48.0. The van der Waals surface area contributed by atoms with E-state index in [9.17, 15) is 48.3 Å². The SMILES string of the molecule is CC[C@@]1(O)C(=O)OCc2c1cc1n(c2=O)Cc2c-1nc1cc(F)c(C)c3c1c2[C@@H](NC(=O)CNC(=O)[C@@H](CC(=O)CNC(=O)CCC(=O)[C@H](CCC(=O)OC(C)(C)C)NC(=O)OCC1c2ccccc2-c2ccccc21)Cc1ccccc1)CC3. The number of pyridine rings is 2. The average Bonchev–Trinajstić information content (AvgIpc) is 1.82. The Hall–Kier alpha value is -8.91. The van der Waals surface area contributed by atoms with Crippen LogP contribution in [-0.2, 0) is 79.4 Å². The maximum Gasteiger partial charge on any atom is 0.407 e. The van der Waals surface area contributed by atoms with Gasteiger partial charge in [0.15, 0.2) is 17.2 Å². The zero-order valence-corrected chi connectivity index (χ0v) is 48.0. The number of rotatable bonds is 21. The van der Waals surface area contributed by atoms with Gasteiger partial charge in [-0.3, -0.25) is 33.6 Å². The van der Waals surface area contributed by atoms with Crippen LogP contribution in [0.15, 0.2) is 95.8 Å².